The molecule has 0 unspecified atom stereocenters. The van der Waals surface area contributed by atoms with Crippen molar-refractivity contribution in [3.05, 3.63) is 0 Å². The SMILES string of the molecule is COC(=O)CC[C@H](C)[C@H]1CC[C@H]2[C@@H]3C(=O)[C@H](Br)[C@@H]4CCCC[C@]4(C)[C@H]3CC[C@]12C. The molecule has 0 N–H and O–H groups in total. The minimum absolute atomic E-state index is 0.0622. The average molecular weight is 467 g/mol. The number of ether oxygens (including phenoxy) is 1. The fourth-order valence-corrected chi connectivity index (χ4v) is 9.78. The fourth-order valence-electron chi connectivity index (χ4n) is 8.61. The summed E-state index contributed by atoms with van der Waals surface area (Å²) in [4.78, 5) is 25.4. The number of ketones is 1. The molecule has 29 heavy (non-hydrogen) atoms. The number of carbonyl (C=O) groups excluding carboxylic acids is 2. The summed E-state index contributed by atoms with van der Waals surface area (Å²) in [7, 11) is 1.48. The second-order valence-electron chi connectivity index (χ2n) is 11.2. The first-order chi connectivity index (χ1) is 13.7. The van der Waals surface area contributed by atoms with Crippen molar-refractivity contribution in [3.63, 3.8) is 0 Å². The molecule has 0 heterocycles. The Balaban J connectivity index is 1.57. The molecule has 164 valence electrons. The maximum Gasteiger partial charge on any atom is 0.305 e. The maximum absolute atomic E-state index is 13.7. The predicted octanol–water partition coefficient (Wildman–Crippen LogP) is 6.18. The van der Waals surface area contributed by atoms with E-state index in [0.717, 1.165) is 6.42 Å². The Hall–Kier alpha value is -0.380. The van der Waals surface area contributed by atoms with Crippen molar-refractivity contribution in [1.82, 2.24) is 0 Å². The van der Waals surface area contributed by atoms with E-state index in [-0.39, 0.29) is 22.1 Å². The van der Waals surface area contributed by atoms with E-state index in [1.165, 1.54) is 58.5 Å². The number of halogens is 1. The number of hydrogen-bond donors (Lipinski definition) is 0. The molecule has 0 aromatic heterocycles. The highest BCUT2D eigenvalue weighted by Gasteiger charge is 2.64. The number of esters is 1. The Morgan fingerprint density at radius 1 is 1.07 bits per heavy atom. The van der Waals surface area contributed by atoms with E-state index in [4.69, 9.17) is 4.74 Å². The van der Waals surface area contributed by atoms with Gasteiger partial charge in [0.2, 0.25) is 0 Å². The number of Topliss-reactive ketones (excluding diaryl/α,β-unsaturated/α-hetero) is 1. The molecule has 0 bridgehead atoms. The topological polar surface area (TPSA) is 43.4 Å². The molecule has 4 aliphatic rings. The van der Waals surface area contributed by atoms with Gasteiger partial charge in [-0.3, -0.25) is 9.59 Å². The van der Waals surface area contributed by atoms with Crippen LogP contribution >= 0.6 is 15.9 Å². The highest BCUT2D eigenvalue weighted by atomic mass is 79.9. The molecule has 0 aromatic carbocycles. The van der Waals surface area contributed by atoms with Crippen LogP contribution in [0, 0.1) is 46.3 Å². The first-order valence-electron chi connectivity index (χ1n) is 12.0. The second kappa shape index (κ2) is 7.95. The summed E-state index contributed by atoms with van der Waals surface area (Å²) in [6.45, 7) is 7.32. The van der Waals surface area contributed by atoms with Gasteiger partial charge in [-0.1, -0.05) is 49.5 Å². The van der Waals surface area contributed by atoms with Crippen LogP contribution in [0.15, 0.2) is 0 Å². The first-order valence-corrected chi connectivity index (χ1v) is 12.9. The predicted molar refractivity (Wildman–Crippen MR) is 119 cm³/mol. The molecule has 4 heteroatoms. The van der Waals surface area contributed by atoms with Crippen molar-refractivity contribution in [2.24, 2.45) is 46.3 Å². The Kier molecular flexibility index (Phi) is 5.99. The summed E-state index contributed by atoms with van der Waals surface area (Å²) in [5, 5.41) is 0. The zero-order valence-electron chi connectivity index (χ0n) is 18.7. The van der Waals surface area contributed by atoms with Crippen molar-refractivity contribution in [1.29, 1.82) is 0 Å². The van der Waals surface area contributed by atoms with Crippen LogP contribution in [0.1, 0.15) is 85.0 Å². The Bertz CT molecular complexity index is 662. The molecule has 0 spiro atoms. The average Bonchev–Trinajstić information content (AvgIpc) is 3.06. The summed E-state index contributed by atoms with van der Waals surface area (Å²) in [5.41, 5.74) is 0.581. The van der Waals surface area contributed by atoms with Crippen LogP contribution in [0.3, 0.4) is 0 Å². The van der Waals surface area contributed by atoms with Gasteiger partial charge in [-0.15, -0.1) is 0 Å². The van der Waals surface area contributed by atoms with Crippen LogP contribution in [0.25, 0.3) is 0 Å². The van der Waals surface area contributed by atoms with E-state index in [9.17, 15) is 9.59 Å². The highest BCUT2D eigenvalue weighted by molar-refractivity contribution is 9.10. The maximum atomic E-state index is 13.7. The van der Waals surface area contributed by atoms with Crippen LogP contribution in [-0.2, 0) is 14.3 Å². The van der Waals surface area contributed by atoms with Crippen LogP contribution < -0.4 is 0 Å². The van der Waals surface area contributed by atoms with Crippen molar-refractivity contribution in [2.75, 3.05) is 7.11 Å². The monoisotopic (exact) mass is 466 g/mol. The molecule has 0 aliphatic heterocycles. The van der Waals surface area contributed by atoms with E-state index in [1.807, 2.05) is 0 Å². The van der Waals surface area contributed by atoms with Gasteiger partial charge in [0, 0.05) is 12.3 Å². The number of carbonyl (C=O) groups is 2. The molecule has 0 amide bonds. The molecule has 0 saturated heterocycles. The minimum Gasteiger partial charge on any atom is -0.469 e. The molecule has 4 aliphatic carbocycles. The molecular formula is C25H39BrO3. The zero-order chi connectivity index (χ0) is 21.0. The lowest BCUT2D eigenvalue weighted by atomic mass is 9.44. The summed E-state index contributed by atoms with van der Waals surface area (Å²) >= 11 is 3.90. The van der Waals surface area contributed by atoms with E-state index < -0.39 is 0 Å². The quantitative estimate of drug-likeness (QED) is 0.367. The molecule has 4 fully saturated rings. The van der Waals surface area contributed by atoms with E-state index in [2.05, 4.69) is 36.7 Å². The number of alkyl halides is 1. The van der Waals surface area contributed by atoms with E-state index in [0.29, 0.717) is 47.2 Å². The Morgan fingerprint density at radius 2 is 1.79 bits per heavy atom. The van der Waals surface area contributed by atoms with Gasteiger partial charge in [0.05, 0.1) is 11.9 Å². The van der Waals surface area contributed by atoms with Crippen molar-refractivity contribution in [2.45, 2.75) is 89.8 Å². The van der Waals surface area contributed by atoms with Crippen molar-refractivity contribution in [3.8, 4) is 0 Å². The summed E-state index contributed by atoms with van der Waals surface area (Å²) < 4.78 is 4.86. The van der Waals surface area contributed by atoms with Gasteiger partial charge in [-0.2, -0.15) is 0 Å². The molecule has 9 atom stereocenters. The van der Waals surface area contributed by atoms with Crippen molar-refractivity contribution >= 4 is 27.7 Å². The second-order valence-corrected chi connectivity index (χ2v) is 12.2. The third kappa shape index (κ3) is 3.34. The summed E-state index contributed by atoms with van der Waals surface area (Å²) in [6.07, 6.45) is 11.4. The minimum atomic E-state index is -0.0962. The van der Waals surface area contributed by atoms with Crippen LogP contribution in [0.5, 0.6) is 0 Å². The van der Waals surface area contributed by atoms with Crippen LogP contribution in [0.4, 0.5) is 0 Å². The molecule has 0 radical (unpaired) electrons. The fraction of sp³-hybridized carbons (Fsp3) is 0.920. The third-order valence-corrected chi connectivity index (χ3v) is 11.3. The Labute approximate surface area is 185 Å². The van der Waals surface area contributed by atoms with Gasteiger partial charge in [-0.05, 0) is 85.4 Å². The largest absolute Gasteiger partial charge is 0.469 e. The number of rotatable bonds is 4. The molecular weight excluding hydrogens is 428 g/mol. The van der Waals surface area contributed by atoms with Crippen LogP contribution in [0.2, 0.25) is 0 Å². The lowest BCUT2D eigenvalue weighted by molar-refractivity contribution is -0.154. The Morgan fingerprint density at radius 3 is 2.52 bits per heavy atom. The molecule has 4 saturated carbocycles. The van der Waals surface area contributed by atoms with Gasteiger partial charge in [-0.25, -0.2) is 0 Å². The normalized spacial score (nSPS) is 47.7. The first kappa shape index (κ1) is 21.8. The lowest BCUT2D eigenvalue weighted by Gasteiger charge is -2.61. The summed E-state index contributed by atoms with van der Waals surface area (Å²) in [5.74, 6) is 3.45. The molecule has 0 aromatic rings. The zero-order valence-corrected chi connectivity index (χ0v) is 20.3. The smallest absolute Gasteiger partial charge is 0.305 e. The number of fused-ring (bicyclic) bond motifs is 5. The van der Waals surface area contributed by atoms with E-state index >= 15 is 0 Å². The summed E-state index contributed by atoms with van der Waals surface area (Å²) in [6, 6.07) is 0. The van der Waals surface area contributed by atoms with Crippen LogP contribution in [-0.4, -0.2) is 23.7 Å². The lowest BCUT2D eigenvalue weighted by Crippen LogP contribution is -2.60. The standard InChI is InChI=1S/C25H39BrO3/c1-15(8-11-20(27)29-4)16-9-10-17-21-18(12-14-25(16,17)3)24(2)13-6-5-7-19(24)22(26)23(21)28/h15-19,21-22H,5-14H2,1-4H3/t15-,16+,17-,18-,19-,21-,22+,24+,25+/m0/s1. The van der Waals surface area contributed by atoms with Gasteiger partial charge in [0.1, 0.15) is 5.78 Å². The van der Waals surface area contributed by atoms with Gasteiger partial charge in [0.15, 0.2) is 0 Å². The number of methoxy groups -OCH3 is 1. The van der Waals surface area contributed by atoms with Crippen molar-refractivity contribution < 1.29 is 14.3 Å². The molecule has 3 nitrogen and oxygen atoms in total. The van der Waals surface area contributed by atoms with Gasteiger partial charge >= 0.3 is 5.97 Å². The number of hydrogen-bond acceptors (Lipinski definition) is 3. The van der Waals surface area contributed by atoms with E-state index in [1.54, 1.807) is 0 Å². The van der Waals surface area contributed by atoms with Gasteiger partial charge in [0.25, 0.3) is 0 Å². The van der Waals surface area contributed by atoms with Gasteiger partial charge < -0.3 is 4.74 Å². The third-order valence-electron chi connectivity index (χ3n) is 10.2. The highest BCUT2D eigenvalue weighted by Crippen LogP contribution is 2.68. The molecule has 4 rings (SSSR count).